The SMILES string of the molecule is CN1CCN(c2ccc(Nc3cc4c(N(C)C)nc(Nc5ccccc5)nc4cn3)nc2)CC1. The van der Waals surface area contributed by atoms with E-state index in [4.69, 9.17) is 4.98 Å². The highest BCUT2D eigenvalue weighted by Crippen LogP contribution is 2.28. The monoisotopic (exact) mass is 455 g/mol. The minimum atomic E-state index is 0.533. The molecule has 4 heterocycles. The maximum Gasteiger partial charge on any atom is 0.229 e. The van der Waals surface area contributed by atoms with Gasteiger partial charge in [0, 0.05) is 51.3 Å². The lowest BCUT2D eigenvalue weighted by atomic mass is 10.2. The lowest BCUT2D eigenvalue weighted by Gasteiger charge is -2.33. The molecule has 0 atom stereocenters. The van der Waals surface area contributed by atoms with Crippen molar-refractivity contribution in [1.29, 1.82) is 0 Å². The van der Waals surface area contributed by atoms with Gasteiger partial charge >= 0.3 is 0 Å². The second-order valence-corrected chi connectivity index (χ2v) is 8.66. The summed E-state index contributed by atoms with van der Waals surface area (Å²) in [6.45, 7) is 4.18. The maximum atomic E-state index is 4.74. The molecule has 0 amide bonds. The largest absolute Gasteiger partial charge is 0.368 e. The second-order valence-electron chi connectivity index (χ2n) is 8.66. The molecule has 1 saturated heterocycles. The van der Waals surface area contributed by atoms with Crippen LogP contribution in [0.1, 0.15) is 0 Å². The molecule has 9 heteroatoms. The van der Waals surface area contributed by atoms with Gasteiger partial charge in [0.15, 0.2) is 0 Å². The van der Waals surface area contributed by atoms with Crippen LogP contribution in [0.4, 0.5) is 34.8 Å². The number of benzene rings is 1. The van der Waals surface area contributed by atoms with E-state index in [2.05, 4.69) is 48.5 Å². The number of likely N-dealkylation sites (N-methyl/N-ethyl adjacent to an activating group) is 1. The molecule has 3 aromatic heterocycles. The highest BCUT2D eigenvalue weighted by molar-refractivity contribution is 5.92. The van der Waals surface area contributed by atoms with E-state index in [9.17, 15) is 0 Å². The number of anilines is 6. The molecular formula is C25H29N9. The molecule has 34 heavy (non-hydrogen) atoms. The Kier molecular flexibility index (Phi) is 6.09. The molecule has 1 aliphatic rings. The zero-order chi connectivity index (χ0) is 23.5. The van der Waals surface area contributed by atoms with Crippen LogP contribution in [0, 0.1) is 0 Å². The van der Waals surface area contributed by atoms with Crippen molar-refractivity contribution in [2.75, 3.05) is 67.8 Å². The van der Waals surface area contributed by atoms with E-state index in [1.807, 2.05) is 67.7 Å². The summed E-state index contributed by atoms with van der Waals surface area (Å²) in [6.07, 6.45) is 3.69. The molecule has 0 aliphatic carbocycles. The van der Waals surface area contributed by atoms with Crippen molar-refractivity contribution in [3.63, 3.8) is 0 Å². The van der Waals surface area contributed by atoms with Crippen LogP contribution in [-0.4, -0.2) is 72.2 Å². The van der Waals surface area contributed by atoms with E-state index in [1.165, 1.54) is 0 Å². The number of nitrogens with one attached hydrogen (secondary N) is 2. The van der Waals surface area contributed by atoms with Crippen molar-refractivity contribution in [2.45, 2.75) is 0 Å². The van der Waals surface area contributed by atoms with E-state index in [0.29, 0.717) is 11.8 Å². The van der Waals surface area contributed by atoms with Crippen LogP contribution >= 0.6 is 0 Å². The van der Waals surface area contributed by atoms with E-state index >= 15 is 0 Å². The fourth-order valence-corrected chi connectivity index (χ4v) is 3.97. The van der Waals surface area contributed by atoms with Gasteiger partial charge in [-0.2, -0.15) is 4.98 Å². The number of hydrogen-bond acceptors (Lipinski definition) is 9. The molecule has 9 nitrogen and oxygen atoms in total. The first kappa shape index (κ1) is 21.8. The topological polar surface area (TPSA) is 85.3 Å². The van der Waals surface area contributed by atoms with Crippen molar-refractivity contribution in [1.82, 2.24) is 24.8 Å². The van der Waals surface area contributed by atoms with Crippen LogP contribution in [0.2, 0.25) is 0 Å². The first-order valence-electron chi connectivity index (χ1n) is 11.4. The Morgan fingerprint density at radius 1 is 0.824 bits per heavy atom. The van der Waals surface area contributed by atoms with E-state index < -0.39 is 0 Å². The lowest BCUT2D eigenvalue weighted by Crippen LogP contribution is -2.44. The predicted molar refractivity (Wildman–Crippen MR) is 139 cm³/mol. The van der Waals surface area contributed by atoms with Crippen molar-refractivity contribution >= 4 is 45.7 Å². The number of hydrogen-bond donors (Lipinski definition) is 2. The van der Waals surface area contributed by atoms with Gasteiger partial charge in [-0.1, -0.05) is 18.2 Å². The molecule has 5 rings (SSSR count). The molecule has 0 saturated carbocycles. The van der Waals surface area contributed by atoms with Gasteiger partial charge in [-0.3, -0.25) is 0 Å². The van der Waals surface area contributed by atoms with Gasteiger partial charge < -0.3 is 25.3 Å². The van der Waals surface area contributed by atoms with Gasteiger partial charge in [0.25, 0.3) is 0 Å². The van der Waals surface area contributed by atoms with Crippen molar-refractivity contribution in [2.24, 2.45) is 0 Å². The Morgan fingerprint density at radius 3 is 2.29 bits per heavy atom. The molecule has 2 N–H and O–H groups in total. The Labute approximate surface area is 199 Å². The average molecular weight is 456 g/mol. The fraction of sp³-hybridized carbons (Fsp3) is 0.280. The zero-order valence-corrected chi connectivity index (χ0v) is 19.7. The molecule has 0 spiro atoms. The smallest absolute Gasteiger partial charge is 0.229 e. The molecule has 0 radical (unpaired) electrons. The first-order valence-corrected chi connectivity index (χ1v) is 11.4. The summed E-state index contributed by atoms with van der Waals surface area (Å²) >= 11 is 0. The summed E-state index contributed by atoms with van der Waals surface area (Å²) in [7, 11) is 6.10. The summed E-state index contributed by atoms with van der Waals surface area (Å²) in [5, 5.41) is 7.50. The highest BCUT2D eigenvalue weighted by Gasteiger charge is 2.15. The van der Waals surface area contributed by atoms with Crippen molar-refractivity contribution in [3.8, 4) is 0 Å². The molecular weight excluding hydrogens is 426 g/mol. The van der Waals surface area contributed by atoms with E-state index in [1.54, 1.807) is 6.20 Å². The third-order valence-electron chi connectivity index (χ3n) is 5.89. The minimum Gasteiger partial charge on any atom is -0.368 e. The van der Waals surface area contributed by atoms with E-state index in [0.717, 1.165) is 60.1 Å². The second kappa shape index (κ2) is 9.48. The summed E-state index contributed by atoms with van der Waals surface area (Å²) in [6, 6.07) is 16.0. The van der Waals surface area contributed by atoms with Gasteiger partial charge in [0.1, 0.15) is 17.5 Å². The first-order chi connectivity index (χ1) is 16.5. The normalized spacial score (nSPS) is 14.3. The maximum absolute atomic E-state index is 4.74. The van der Waals surface area contributed by atoms with Crippen LogP contribution in [0.15, 0.2) is 60.9 Å². The highest BCUT2D eigenvalue weighted by atomic mass is 15.3. The molecule has 1 aliphatic heterocycles. The number of aromatic nitrogens is 4. The van der Waals surface area contributed by atoms with Gasteiger partial charge in [-0.05, 0) is 37.4 Å². The fourth-order valence-electron chi connectivity index (χ4n) is 3.97. The Morgan fingerprint density at radius 2 is 1.59 bits per heavy atom. The van der Waals surface area contributed by atoms with Gasteiger partial charge in [-0.15, -0.1) is 0 Å². The van der Waals surface area contributed by atoms with Crippen LogP contribution in [0.5, 0.6) is 0 Å². The number of fused-ring (bicyclic) bond motifs is 1. The van der Waals surface area contributed by atoms with Gasteiger partial charge in [0.2, 0.25) is 5.95 Å². The van der Waals surface area contributed by atoms with Crippen LogP contribution in [0.25, 0.3) is 10.9 Å². The minimum absolute atomic E-state index is 0.533. The van der Waals surface area contributed by atoms with Crippen LogP contribution in [0.3, 0.4) is 0 Å². The summed E-state index contributed by atoms with van der Waals surface area (Å²) in [5.74, 6) is 2.79. The standard InChI is InChI=1S/C25H29N9/c1-32(2)24-20-15-23(27-17-21(20)29-25(31-24)28-18-7-5-4-6-8-18)30-22-10-9-19(16-26-22)34-13-11-33(3)12-14-34/h4-10,15-17H,11-14H2,1-3H3,(H,26,27,30)(H,28,29,31). The number of rotatable bonds is 6. The van der Waals surface area contributed by atoms with Crippen molar-refractivity contribution in [3.05, 3.63) is 60.9 Å². The third kappa shape index (κ3) is 4.84. The lowest BCUT2D eigenvalue weighted by molar-refractivity contribution is 0.313. The Balaban J connectivity index is 1.37. The predicted octanol–water partition coefficient (Wildman–Crippen LogP) is 3.72. The van der Waals surface area contributed by atoms with Crippen LogP contribution < -0.4 is 20.4 Å². The number of nitrogens with zero attached hydrogens (tertiary/aromatic N) is 7. The molecule has 0 bridgehead atoms. The number of piperazine rings is 1. The average Bonchev–Trinajstić information content (AvgIpc) is 2.85. The Bertz CT molecular complexity index is 1250. The van der Waals surface area contributed by atoms with Gasteiger partial charge in [0.05, 0.1) is 23.6 Å². The number of para-hydroxylation sites is 1. The van der Waals surface area contributed by atoms with Crippen LogP contribution in [-0.2, 0) is 0 Å². The molecule has 1 aromatic carbocycles. The quantitative estimate of drug-likeness (QED) is 0.452. The molecule has 174 valence electrons. The summed E-state index contributed by atoms with van der Waals surface area (Å²) in [5.41, 5.74) is 2.84. The Hall–Kier alpha value is -3.98. The zero-order valence-electron chi connectivity index (χ0n) is 19.7. The third-order valence-corrected chi connectivity index (χ3v) is 5.89. The number of pyridine rings is 2. The summed E-state index contributed by atoms with van der Waals surface area (Å²) < 4.78 is 0. The summed E-state index contributed by atoms with van der Waals surface area (Å²) in [4.78, 5) is 25.3. The molecule has 1 fully saturated rings. The van der Waals surface area contributed by atoms with Gasteiger partial charge in [-0.25, -0.2) is 15.0 Å². The van der Waals surface area contributed by atoms with Crippen molar-refractivity contribution < 1.29 is 0 Å². The molecule has 4 aromatic rings. The molecule has 0 unspecified atom stereocenters. The van der Waals surface area contributed by atoms with E-state index in [-0.39, 0.29) is 0 Å².